The third-order valence-electron chi connectivity index (χ3n) is 4.75. The van der Waals surface area contributed by atoms with E-state index in [0.717, 1.165) is 35.4 Å². The summed E-state index contributed by atoms with van der Waals surface area (Å²) in [6.07, 6.45) is 1.61. The lowest BCUT2D eigenvalue weighted by atomic mass is 9.93. The van der Waals surface area contributed by atoms with Crippen LogP contribution in [0.4, 0.5) is 5.69 Å². The van der Waals surface area contributed by atoms with E-state index >= 15 is 0 Å². The molecule has 23 heavy (non-hydrogen) atoms. The Bertz CT molecular complexity index is 860. The van der Waals surface area contributed by atoms with Gasteiger partial charge in [0.15, 0.2) is 0 Å². The fourth-order valence-corrected chi connectivity index (χ4v) is 4.98. The molecule has 0 N–H and O–H groups in total. The lowest BCUT2D eigenvalue weighted by molar-refractivity contribution is 0.356. The third-order valence-corrected chi connectivity index (χ3v) is 6.56. The summed E-state index contributed by atoms with van der Waals surface area (Å²) in [4.78, 5) is 0.353. The first-order valence-corrected chi connectivity index (χ1v) is 9.39. The van der Waals surface area contributed by atoms with Gasteiger partial charge in [0.1, 0.15) is 5.75 Å². The Morgan fingerprint density at radius 2 is 2.00 bits per heavy atom. The van der Waals surface area contributed by atoms with Crippen molar-refractivity contribution in [3.63, 3.8) is 0 Å². The van der Waals surface area contributed by atoms with Gasteiger partial charge in [-0.2, -0.15) is 0 Å². The lowest BCUT2D eigenvalue weighted by Gasteiger charge is -2.33. The number of anilines is 1. The van der Waals surface area contributed by atoms with Gasteiger partial charge in [0.05, 0.1) is 17.2 Å². The summed E-state index contributed by atoms with van der Waals surface area (Å²) in [5.41, 5.74) is 2.89. The van der Waals surface area contributed by atoms with Crippen LogP contribution in [0.15, 0.2) is 47.4 Å². The number of rotatable bonds is 2. The number of hydrogen-bond donors (Lipinski definition) is 0. The van der Waals surface area contributed by atoms with E-state index in [1.54, 1.807) is 22.5 Å². The molecule has 2 heterocycles. The van der Waals surface area contributed by atoms with Crippen LogP contribution in [0.1, 0.15) is 30.4 Å². The minimum absolute atomic E-state index is 0.353. The molecule has 0 aliphatic carbocycles. The molecule has 0 radical (unpaired) electrons. The first-order chi connectivity index (χ1) is 11.1. The highest BCUT2D eigenvalue weighted by atomic mass is 32.2. The molecule has 0 fully saturated rings. The summed E-state index contributed by atoms with van der Waals surface area (Å²) < 4.78 is 33.3. The summed E-state index contributed by atoms with van der Waals surface area (Å²) in [5.74, 6) is 1.18. The predicted molar refractivity (Wildman–Crippen MR) is 89.6 cm³/mol. The minimum atomic E-state index is -3.54. The van der Waals surface area contributed by atoms with Crippen molar-refractivity contribution in [3.8, 4) is 5.75 Å². The lowest BCUT2D eigenvalue weighted by Crippen LogP contribution is -2.36. The quantitative estimate of drug-likeness (QED) is 0.849. The molecule has 1 atom stereocenters. The van der Waals surface area contributed by atoms with Gasteiger partial charge in [-0.1, -0.05) is 25.1 Å². The minimum Gasteiger partial charge on any atom is -0.493 e. The number of sulfonamides is 1. The fraction of sp³-hybridized carbons (Fsp3) is 0.333. The molecular formula is C18H19NO3S. The van der Waals surface area contributed by atoms with Gasteiger partial charge in [0.25, 0.3) is 10.0 Å². The number of benzene rings is 2. The van der Waals surface area contributed by atoms with E-state index in [0.29, 0.717) is 24.0 Å². The van der Waals surface area contributed by atoms with E-state index in [2.05, 4.69) is 6.92 Å². The summed E-state index contributed by atoms with van der Waals surface area (Å²) >= 11 is 0. The zero-order valence-electron chi connectivity index (χ0n) is 13.0. The second-order valence-corrected chi connectivity index (χ2v) is 8.06. The van der Waals surface area contributed by atoms with Crippen molar-refractivity contribution in [3.05, 3.63) is 53.6 Å². The maximum absolute atomic E-state index is 13.1. The molecule has 5 heteroatoms. The van der Waals surface area contributed by atoms with Crippen LogP contribution in [-0.2, 0) is 16.4 Å². The van der Waals surface area contributed by atoms with Crippen LogP contribution >= 0.6 is 0 Å². The van der Waals surface area contributed by atoms with Gasteiger partial charge >= 0.3 is 0 Å². The largest absolute Gasteiger partial charge is 0.493 e. The molecule has 2 aromatic carbocycles. The van der Waals surface area contributed by atoms with Gasteiger partial charge in [-0.05, 0) is 47.7 Å². The zero-order chi connectivity index (χ0) is 16.0. The third kappa shape index (κ3) is 2.30. The molecule has 0 unspecified atom stereocenters. The smallest absolute Gasteiger partial charge is 0.264 e. The van der Waals surface area contributed by atoms with E-state index in [9.17, 15) is 8.42 Å². The van der Waals surface area contributed by atoms with E-state index in [-0.39, 0.29) is 0 Å². The molecule has 0 aromatic heterocycles. The molecule has 4 nitrogen and oxygen atoms in total. The monoisotopic (exact) mass is 329 g/mol. The Kier molecular flexibility index (Phi) is 3.34. The summed E-state index contributed by atoms with van der Waals surface area (Å²) in [6, 6.07) is 13.0. The fourth-order valence-electron chi connectivity index (χ4n) is 3.42. The Morgan fingerprint density at radius 1 is 1.17 bits per heavy atom. The van der Waals surface area contributed by atoms with Gasteiger partial charge in [-0.3, -0.25) is 4.31 Å². The highest BCUT2D eigenvalue weighted by Gasteiger charge is 2.32. The SMILES string of the molecule is C[C@H]1CCN(S(=O)(=O)c2ccc3c(c2)CCO3)c2ccccc21. The molecule has 0 saturated heterocycles. The molecule has 120 valence electrons. The standard InChI is InChI=1S/C18H19NO3S/c1-13-8-10-19(17-5-3-2-4-16(13)17)23(20,21)15-6-7-18-14(12-15)9-11-22-18/h2-7,12-13H,8-11H2,1H3/t13-/m0/s1. The second-order valence-electron chi connectivity index (χ2n) is 6.19. The van der Waals surface area contributed by atoms with Crippen LogP contribution in [-0.4, -0.2) is 21.6 Å². The first-order valence-electron chi connectivity index (χ1n) is 7.95. The second kappa shape index (κ2) is 5.27. The molecule has 0 spiro atoms. The topological polar surface area (TPSA) is 46.6 Å². The Balaban J connectivity index is 1.79. The van der Waals surface area contributed by atoms with Gasteiger partial charge < -0.3 is 4.74 Å². The molecule has 2 aliphatic rings. The van der Waals surface area contributed by atoms with Crippen molar-refractivity contribution in [2.75, 3.05) is 17.5 Å². The molecule has 2 aromatic rings. The van der Waals surface area contributed by atoms with Crippen LogP contribution in [0.2, 0.25) is 0 Å². The maximum Gasteiger partial charge on any atom is 0.264 e. The Labute approximate surface area is 136 Å². The van der Waals surface area contributed by atoms with Gasteiger partial charge in [-0.25, -0.2) is 8.42 Å². The number of hydrogen-bond acceptors (Lipinski definition) is 3. The van der Waals surface area contributed by atoms with Crippen molar-refractivity contribution in [2.24, 2.45) is 0 Å². The summed E-state index contributed by atoms with van der Waals surface area (Å²) in [5, 5.41) is 0. The van der Waals surface area contributed by atoms with Crippen molar-refractivity contribution in [2.45, 2.75) is 30.6 Å². The van der Waals surface area contributed by atoms with E-state index in [4.69, 9.17) is 4.74 Å². The summed E-state index contributed by atoms with van der Waals surface area (Å²) in [6.45, 7) is 3.30. The molecular weight excluding hydrogens is 310 g/mol. The van der Waals surface area contributed by atoms with Crippen LogP contribution in [0.5, 0.6) is 5.75 Å². The molecule has 2 aliphatic heterocycles. The Morgan fingerprint density at radius 3 is 2.87 bits per heavy atom. The van der Waals surface area contributed by atoms with Crippen LogP contribution < -0.4 is 9.04 Å². The number of fused-ring (bicyclic) bond motifs is 2. The highest BCUT2D eigenvalue weighted by molar-refractivity contribution is 7.92. The van der Waals surface area contributed by atoms with Gasteiger partial charge in [0, 0.05) is 13.0 Å². The molecule has 4 rings (SSSR count). The molecule has 0 amide bonds. The van der Waals surface area contributed by atoms with E-state index in [1.807, 2.05) is 24.3 Å². The Hall–Kier alpha value is -2.01. The van der Waals surface area contributed by atoms with Crippen molar-refractivity contribution >= 4 is 15.7 Å². The van der Waals surface area contributed by atoms with E-state index < -0.39 is 10.0 Å². The highest BCUT2D eigenvalue weighted by Crippen LogP contribution is 2.38. The predicted octanol–water partition coefficient (Wildman–Crippen LogP) is 3.32. The van der Waals surface area contributed by atoms with Crippen molar-refractivity contribution < 1.29 is 13.2 Å². The normalized spacial score (nSPS) is 19.9. The number of ether oxygens (including phenoxy) is 1. The zero-order valence-corrected chi connectivity index (χ0v) is 13.8. The van der Waals surface area contributed by atoms with Crippen LogP contribution in [0.25, 0.3) is 0 Å². The maximum atomic E-state index is 13.1. The van der Waals surface area contributed by atoms with Crippen LogP contribution in [0.3, 0.4) is 0 Å². The van der Waals surface area contributed by atoms with Gasteiger partial charge in [-0.15, -0.1) is 0 Å². The van der Waals surface area contributed by atoms with Crippen molar-refractivity contribution in [1.29, 1.82) is 0 Å². The van der Waals surface area contributed by atoms with E-state index in [1.165, 1.54) is 0 Å². The average Bonchev–Trinajstić information content (AvgIpc) is 3.03. The molecule has 0 bridgehead atoms. The van der Waals surface area contributed by atoms with Gasteiger partial charge in [0.2, 0.25) is 0 Å². The average molecular weight is 329 g/mol. The number of para-hydroxylation sites is 1. The first kappa shape index (κ1) is 14.6. The summed E-state index contributed by atoms with van der Waals surface area (Å²) in [7, 11) is -3.54. The molecule has 0 saturated carbocycles. The number of nitrogens with zero attached hydrogens (tertiary/aromatic N) is 1. The van der Waals surface area contributed by atoms with Crippen LogP contribution in [0, 0.1) is 0 Å². The van der Waals surface area contributed by atoms with Crippen molar-refractivity contribution in [1.82, 2.24) is 0 Å².